The fraction of sp³-hybridized carbons (Fsp3) is 0.0526. The Kier molecular flexibility index (Phi) is 3.78. The van der Waals surface area contributed by atoms with Gasteiger partial charge in [-0.15, -0.1) is 0 Å². The molecule has 2 aromatic carbocycles. The number of allylic oxidation sites excluding steroid dienone is 1. The molecule has 128 valence electrons. The Morgan fingerprint density at radius 3 is 2.73 bits per heavy atom. The van der Waals surface area contributed by atoms with E-state index in [1.165, 1.54) is 18.2 Å². The number of fused-ring (bicyclic) bond motifs is 3. The van der Waals surface area contributed by atoms with E-state index in [1.807, 2.05) is 6.07 Å². The van der Waals surface area contributed by atoms with Crippen molar-refractivity contribution < 1.29 is 13.5 Å². The predicted molar refractivity (Wildman–Crippen MR) is 95.9 cm³/mol. The van der Waals surface area contributed by atoms with Crippen molar-refractivity contribution in [3.63, 3.8) is 0 Å². The van der Waals surface area contributed by atoms with E-state index in [4.69, 9.17) is 14.9 Å². The molecule has 4 rings (SSSR count). The third kappa shape index (κ3) is 2.38. The summed E-state index contributed by atoms with van der Waals surface area (Å²) >= 11 is 3.13. The SMILES string of the molecule is N#CC1=C(N)Oc2c(c(=O)oc3ccccc23)[C@H]1c1ccc(F)c(Br)c1. The first kappa shape index (κ1) is 16.4. The van der Waals surface area contributed by atoms with Gasteiger partial charge in [-0.1, -0.05) is 18.2 Å². The standard InChI is InChI=1S/C19H10BrFN2O3/c20-12-7-9(5-6-13(12)21)15-11(8-22)18(23)26-17-10-3-1-2-4-14(10)25-19(24)16(15)17/h1-7,15H,23H2/t15-/m0/s1. The zero-order valence-electron chi connectivity index (χ0n) is 13.1. The highest BCUT2D eigenvalue weighted by atomic mass is 79.9. The second-order valence-corrected chi connectivity index (χ2v) is 6.58. The van der Waals surface area contributed by atoms with E-state index in [1.54, 1.807) is 24.3 Å². The van der Waals surface area contributed by atoms with Crippen molar-refractivity contribution in [1.82, 2.24) is 0 Å². The molecule has 0 saturated carbocycles. The van der Waals surface area contributed by atoms with E-state index in [-0.39, 0.29) is 27.2 Å². The number of hydrogen-bond acceptors (Lipinski definition) is 5. The number of halogens is 2. The lowest BCUT2D eigenvalue weighted by Gasteiger charge is -2.26. The normalized spacial score (nSPS) is 16.1. The number of para-hydroxylation sites is 1. The smallest absolute Gasteiger partial charge is 0.344 e. The van der Waals surface area contributed by atoms with Gasteiger partial charge in [0, 0.05) is 0 Å². The fourth-order valence-electron chi connectivity index (χ4n) is 3.09. The predicted octanol–water partition coefficient (Wildman–Crippen LogP) is 3.91. The van der Waals surface area contributed by atoms with Gasteiger partial charge in [-0.3, -0.25) is 0 Å². The van der Waals surface area contributed by atoms with E-state index in [2.05, 4.69) is 15.9 Å². The van der Waals surface area contributed by atoms with Crippen LogP contribution in [0, 0.1) is 17.1 Å². The second kappa shape index (κ2) is 6.00. The van der Waals surface area contributed by atoms with Crippen molar-refractivity contribution in [1.29, 1.82) is 5.26 Å². The van der Waals surface area contributed by atoms with Crippen molar-refractivity contribution in [2.24, 2.45) is 5.73 Å². The van der Waals surface area contributed by atoms with Crippen LogP contribution >= 0.6 is 15.9 Å². The summed E-state index contributed by atoms with van der Waals surface area (Å²) in [5, 5.41) is 10.1. The maximum atomic E-state index is 13.7. The van der Waals surface area contributed by atoms with Gasteiger partial charge in [-0.05, 0) is 45.8 Å². The molecule has 0 spiro atoms. The Hall–Kier alpha value is -3.11. The number of nitrogens with zero attached hydrogens (tertiary/aromatic N) is 1. The van der Waals surface area contributed by atoms with Gasteiger partial charge in [-0.2, -0.15) is 5.26 Å². The molecule has 1 atom stereocenters. The summed E-state index contributed by atoms with van der Waals surface area (Å²) in [6, 6.07) is 13.1. The van der Waals surface area contributed by atoms with Gasteiger partial charge >= 0.3 is 5.63 Å². The van der Waals surface area contributed by atoms with Crippen LogP contribution in [0.5, 0.6) is 5.75 Å². The third-order valence-corrected chi connectivity index (χ3v) is 4.86. The molecule has 0 bridgehead atoms. The van der Waals surface area contributed by atoms with Crippen LogP contribution in [0.25, 0.3) is 11.0 Å². The van der Waals surface area contributed by atoms with Crippen molar-refractivity contribution in [3.05, 3.63) is 85.8 Å². The summed E-state index contributed by atoms with van der Waals surface area (Å²) < 4.78 is 24.9. The maximum Gasteiger partial charge on any atom is 0.344 e. The van der Waals surface area contributed by atoms with Gasteiger partial charge in [0.15, 0.2) is 5.75 Å². The lowest BCUT2D eigenvalue weighted by Crippen LogP contribution is -2.26. The van der Waals surface area contributed by atoms with Crippen LogP contribution in [0.15, 0.2) is 67.6 Å². The van der Waals surface area contributed by atoms with Gasteiger partial charge < -0.3 is 14.9 Å². The van der Waals surface area contributed by atoms with E-state index in [9.17, 15) is 14.4 Å². The molecule has 1 aromatic heterocycles. The highest BCUT2D eigenvalue weighted by molar-refractivity contribution is 9.10. The topological polar surface area (TPSA) is 89.3 Å². The quantitative estimate of drug-likeness (QED) is 0.611. The molecule has 0 saturated heterocycles. The summed E-state index contributed by atoms with van der Waals surface area (Å²) in [5.41, 5.74) is 6.42. The minimum absolute atomic E-state index is 0.0681. The van der Waals surface area contributed by atoms with Crippen molar-refractivity contribution in [2.75, 3.05) is 0 Å². The molecule has 7 heteroatoms. The zero-order chi connectivity index (χ0) is 18.4. The first-order chi connectivity index (χ1) is 12.5. The van der Waals surface area contributed by atoms with E-state index in [0.29, 0.717) is 16.5 Å². The van der Waals surface area contributed by atoms with Crippen LogP contribution < -0.4 is 16.1 Å². The molecule has 2 heterocycles. The fourth-order valence-corrected chi connectivity index (χ4v) is 3.49. The number of nitriles is 1. The molecule has 2 N–H and O–H groups in total. The van der Waals surface area contributed by atoms with Gasteiger partial charge in [-0.25, -0.2) is 9.18 Å². The Bertz CT molecular complexity index is 1190. The number of ether oxygens (including phenoxy) is 1. The zero-order valence-corrected chi connectivity index (χ0v) is 14.7. The Balaban J connectivity index is 2.08. The number of rotatable bonds is 1. The van der Waals surface area contributed by atoms with Gasteiger partial charge in [0.2, 0.25) is 5.88 Å². The Morgan fingerprint density at radius 1 is 1.23 bits per heavy atom. The number of nitrogens with two attached hydrogens (primary N) is 1. The van der Waals surface area contributed by atoms with Gasteiger partial charge in [0.05, 0.1) is 21.3 Å². The number of benzene rings is 2. The average Bonchev–Trinajstić information content (AvgIpc) is 2.63. The molecule has 0 fully saturated rings. The summed E-state index contributed by atoms with van der Waals surface area (Å²) in [4.78, 5) is 12.7. The van der Waals surface area contributed by atoms with Crippen molar-refractivity contribution in [3.8, 4) is 11.8 Å². The minimum atomic E-state index is -0.818. The maximum absolute atomic E-state index is 13.7. The molecule has 0 radical (unpaired) electrons. The van der Waals surface area contributed by atoms with Crippen molar-refractivity contribution >= 4 is 26.9 Å². The minimum Gasteiger partial charge on any atom is -0.439 e. The summed E-state index contributed by atoms with van der Waals surface area (Å²) in [5.74, 6) is -1.12. The largest absolute Gasteiger partial charge is 0.439 e. The molecule has 3 aromatic rings. The molecule has 0 amide bonds. The van der Waals surface area contributed by atoms with Crippen LogP contribution in [0.2, 0.25) is 0 Å². The summed E-state index contributed by atoms with van der Waals surface area (Å²) in [6.07, 6.45) is 0. The highest BCUT2D eigenvalue weighted by Gasteiger charge is 2.35. The molecular formula is C19H10BrFN2O3. The Morgan fingerprint density at radius 2 is 2.00 bits per heavy atom. The van der Waals surface area contributed by atoms with Gasteiger partial charge in [0.25, 0.3) is 0 Å². The van der Waals surface area contributed by atoms with Crippen LogP contribution in [0.3, 0.4) is 0 Å². The van der Waals surface area contributed by atoms with E-state index >= 15 is 0 Å². The lowest BCUT2D eigenvalue weighted by molar-refractivity contribution is 0.388. The van der Waals surface area contributed by atoms with E-state index in [0.717, 1.165) is 0 Å². The molecule has 26 heavy (non-hydrogen) atoms. The monoisotopic (exact) mass is 412 g/mol. The molecule has 0 aliphatic carbocycles. The molecular weight excluding hydrogens is 403 g/mol. The number of hydrogen-bond donors (Lipinski definition) is 1. The summed E-state index contributed by atoms with van der Waals surface area (Å²) in [6.45, 7) is 0. The molecule has 1 aliphatic heterocycles. The van der Waals surface area contributed by atoms with Gasteiger partial charge in [0.1, 0.15) is 23.0 Å². The lowest BCUT2D eigenvalue weighted by atomic mass is 9.84. The van der Waals surface area contributed by atoms with Crippen LogP contribution in [0.1, 0.15) is 17.0 Å². The van der Waals surface area contributed by atoms with Crippen LogP contribution in [-0.2, 0) is 0 Å². The molecule has 0 unspecified atom stereocenters. The van der Waals surface area contributed by atoms with E-state index < -0.39 is 17.4 Å². The first-order valence-electron chi connectivity index (χ1n) is 7.59. The average molecular weight is 413 g/mol. The molecule has 1 aliphatic rings. The van der Waals surface area contributed by atoms with Crippen molar-refractivity contribution in [2.45, 2.75) is 5.92 Å². The summed E-state index contributed by atoms with van der Waals surface area (Å²) in [7, 11) is 0. The van der Waals surface area contributed by atoms with Crippen LogP contribution in [0.4, 0.5) is 4.39 Å². The first-order valence-corrected chi connectivity index (χ1v) is 8.39. The molecule has 5 nitrogen and oxygen atoms in total. The third-order valence-electron chi connectivity index (χ3n) is 4.25. The van der Waals surface area contributed by atoms with Crippen LogP contribution in [-0.4, -0.2) is 0 Å². The second-order valence-electron chi connectivity index (χ2n) is 5.73. The highest BCUT2D eigenvalue weighted by Crippen LogP contribution is 2.43. The Labute approximate surface area is 155 Å².